The molecule has 0 bridgehead atoms. The lowest BCUT2D eigenvalue weighted by molar-refractivity contribution is -0.170. The highest BCUT2D eigenvalue weighted by atomic mass is 19.4. The fourth-order valence-corrected chi connectivity index (χ4v) is 2.39. The Bertz CT molecular complexity index is 880. The maximum Gasteiger partial charge on any atom is 0.471 e. The summed E-state index contributed by atoms with van der Waals surface area (Å²) in [5, 5.41) is 7.38. The second kappa shape index (κ2) is 8.55. The van der Waals surface area contributed by atoms with Gasteiger partial charge >= 0.3 is 12.1 Å². The van der Waals surface area contributed by atoms with E-state index >= 15 is 0 Å². The Morgan fingerprint density at radius 1 is 1.11 bits per heavy atom. The van der Waals surface area contributed by atoms with E-state index in [1.807, 2.05) is 0 Å². The number of carbonyl (C=O) groups excluding carboxylic acids is 2. The molecule has 0 unspecified atom stereocenters. The maximum atomic E-state index is 13.0. The minimum Gasteiger partial charge on any atom is -0.492 e. The van der Waals surface area contributed by atoms with Crippen molar-refractivity contribution in [2.75, 3.05) is 18.1 Å². The Labute approximate surface area is 159 Å². The Kier molecular flexibility index (Phi) is 6.40. The summed E-state index contributed by atoms with van der Waals surface area (Å²) in [7, 11) is 0. The predicted molar refractivity (Wildman–Crippen MR) is 97.8 cm³/mol. The fourth-order valence-electron chi connectivity index (χ4n) is 2.39. The summed E-state index contributed by atoms with van der Waals surface area (Å²) in [5.74, 6) is -2.15. The molecule has 0 aliphatic carbocycles. The van der Waals surface area contributed by atoms with Crippen molar-refractivity contribution in [1.82, 2.24) is 0 Å². The van der Waals surface area contributed by atoms with Gasteiger partial charge in [-0.2, -0.15) is 13.2 Å². The summed E-state index contributed by atoms with van der Waals surface area (Å²) >= 11 is 0. The van der Waals surface area contributed by atoms with Crippen molar-refractivity contribution in [1.29, 1.82) is 5.41 Å². The van der Waals surface area contributed by atoms with Gasteiger partial charge in [0, 0.05) is 16.8 Å². The fraction of sp³-hybridized carbons (Fsp3) is 0.211. The maximum absolute atomic E-state index is 13.0. The molecule has 148 valence electrons. The van der Waals surface area contributed by atoms with Crippen LogP contribution in [0, 0.1) is 5.41 Å². The predicted octanol–water partition coefficient (Wildman–Crippen LogP) is 3.15. The number of ether oxygens (including phenoxy) is 1. The Morgan fingerprint density at radius 3 is 2.29 bits per heavy atom. The number of halogens is 3. The molecule has 0 aliphatic rings. The molecule has 2 aromatic carbocycles. The summed E-state index contributed by atoms with van der Waals surface area (Å²) in [6, 6.07) is 11.5. The van der Waals surface area contributed by atoms with E-state index < -0.39 is 12.1 Å². The number of hydrogen-bond acceptors (Lipinski definition) is 4. The SMILES string of the molecule is CC(=O)c1ccc(N(CCOc2cccc(C(=N)N)c2)C(=O)C(F)(F)F)cc1. The second-order valence-electron chi connectivity index (χ2n) is 5.85. The molecule has 2 rings (SSSR count). The van der Waals surface area contributed by atoms with Crippen LogP contribution in [0.3, 0.4) is 0 Å². The molecule has 0 heterocycles. The molecule has 2 aromatic rings. The number of nitrogens with zero attached hydrogens (tertiary/aromatic N) is 1. The van der Waals surface area contributed by atoms with Gasteiger partial charge in [-0.1, -0.05) is 12.1 Å². The van der Waals surface area contributed by atoms with Crippen LogP contribution in [0.4, 0.5) is 18.9 Å². The monoisotopic (exact) mass is 393 g/mol. The number of amidine groups is 1. The van der Waals surface area contributed by atoms with E-state index in [4.69, 9.17) is 15.9 Å². The van der Waals surface area contributed by atoms with Gasteiger partial charge in [-0.3, -0.25) is 15.0 Å². The van der Waals surface area contributed by atoms with Gasteiger partial charge in [0.2, 0.25) is 0 Å². The lowest BCUT2D eigenvalue weighted by atomic mass is 10.1. The molecular weight excluding hydrogens is 375 g/mol. The Hall–Kier alpha value is -3.36. The first-order valence-electron chi connectivity index (χ1n) is 8.16. The van der Waals surface area contributed by atoms with Gasteiger partial charge in [0.25, 0.3) is 0 Å². The largest absolute Gasteiger partial charge is 0.492 e. The summed E-state index contributed by atoms with van der Waals surface area (Å²) in [6.07, 6.45) is -5.06. The van der Waals surface area contributed by atoms with E-state index in [2.05, 4.69) is 0 Å². The minimum atomic E-state index is -5.06. The highest BCUT2D eigenvalue weighted by Crippen LogP contribution is 2.24. The van der Waals surface area contributed by atoms with Crippen LogP contribution in [0.5, 0.6) is 5.75 Å². The van der Waals surface area contributed by atoms with E-state index in [0.29, 0.717) is 21.8 Å². The summed E-state index contributed by atoms with van der Waals surface area (Å²) in [4.78, 5) is 23.7. The van der Waals surface area contributed by atoms with E-state index in [-0.39, 0.29) is 30.5 Å². The number of nitrogens with two attached hydrogens (primary N) is 1. The highest BCUT2D eigenvalue weighted by Gasteiger charge is 2.43. The molecule has 0 radical (unpaired) electrons. The van der Waals surface area contributed by atoms with Gasteiger partial charge in [-0.15, -0.1) is 0 Å². The number of nitrogens with one attached hydrogen (secondary N) is 1. The van der Waals surface area contributed by atoms with Crippen LogP contribution in [-0.4, -0.2) is 36.9 Å². The molecule has 0 spiro atoms. The lowest BCUT2D eigenvalue weighted by Gasteiger charge is -2.24. The molecule has 0 saturated heterocycles. The Balaban J connectivity index is 2.16. The number of hydrogen-bond donors (Lipinski definition) is 2. The van der Waals surface area contributed by atoms with Crippen LogP contribution < -0.4 is 15.4 Å². The average Bonchev–Trinajstić information content (AvgIpc) is 2.64. The van der Waals surface area contributed by atoms with Crippen molar-refractivity contribution in [3.05, 3.63) is 59.7 Å². The minimum absolute atomic E-state index is 0.00610. The molecule has 6 nitrogen and oxygen atoms in total. The van der Waals surface area contributed by atoms with Crippen molar-refractivity contribution in [2.24, 2.45) is 5.73 Å². The van der Waals surface area contributed by atoms with Crippen LogP contribution >= 0.6 is 0 Å². The number of amides is 1. The third-order valence-electron chi connectivity index (χ3n) is 3.80. The van der Waals surface area contributed by atoms with E-state index in [0.717, 1.165) is 0 Å². The first kappa shape index (κ1) is 20.9. The standard InChI is InChI=1S/C19H18F3N3O3/c1-12(26)13-5-7-15(8-6-13)25(18(27)19(20,21)22)9-10-28-16-4-2-3-14(11-16)17(23)24/h2-8,11H,9-10H2,1H3,(H3,23,24). The quantitative estimate of drug-likeness (QED) is 0.429. The van der Waals surface area contributed by atoms with Crippen LogP contribution in [-0.2, 0) is 4.79 Å². The molecule has 28 heavy (non-hydrogen) atoms. The topological polar surface area (TPSA) is 96.5 Å². The van der Waals surface area contributed by atoms with Gasteiger partial charge in [0.15, 0.2) is 5.78 Å². The number of nitrogen functional groups attached to an aromatic ring is 1. The van der Waals surface area contributed by atoms with E-state index in [1.54, 1.807) is 18.2 Å². The molecule has 0 atom stereocenters. The molecule has 0 saturated carbocycles. The van der Waals surface area contributed by atoms with E-state index in [1.165, 1.54) is 37.3 Å². The lowest BCUT2D eigenvalue weighted by Crippen LogP contribution is -2.43. The molecule has 0 aromatic heterocycles. The zero-order chi connectivity index (χ0) is 20.9. The second-order valence-corrected chi connectivity index (χ2v) is 5.85. The van der Waals surface area contributed by atoms with Gasteiger partial charge in [-0.05, 0) is 43.3 Å². The van der Waals surface area contributed by atoms with Crippen molar-refractivity contribution in [3.8, 4) is 5.75 Å². The summed E-state index contributed by atoms with van der Waals surface area (Å²) in [6.45, 7) is 0.732. The zero-order valence-electron chi connectivity index (χ0n) is 14.9. The number of alkyl halides is 3. The Morgan fingerprint density at radius 2 is 1.75 bits per heavy atom. The number of ketones is 1. The van der Waals surface area contributed by atoms with Crippen molar-refractivity contribution >= 4 is 23.2 Å². The first-order valence-corrected chi connectivity index (χ1v) is 8.16. The summed E-state index contributed by atoms with van der Waals surface area (Å²) in [5.41, 5.74) is 6.10. The zero-order valence-corrected chi connectivity index (χ0v) is 14.9. The van der Waals surface area contributed by atoms with Crippen molar-refractivity contribution in [3.63, 3.8) is 0 Å². The molecule has 9 heteroatoms. The molecule has 0 fully saturated rings. The van der Waals surface area contributed by atoms with Crippen molar-refractivity contribution in [2.45, 2.75) is 13.1 Å². The molecule has 1 amide bonds. The van der Waals surface area contributed by atoms with Gasteiger partial charge in [0.05, 0.1) is 6.54 Å². The average molecular weight is 393 g/mol. The highest BCUT2D eigenvalue weighted by molar-refractivity contribution is 5.98. The summed E-state index contributed by atoms with van der Waals surface area (Å²) < 4.78 is 44.3. The number of anilines is 1. The van der Waals surface area contributed by atoms with Gasteiger partial charge in [0.1, 0.15) is 18.2 Å². The first-order chi connectivity index (χ1) is 13.1. The van der Waals surface area contributed by atoms with Crippen LogP contribution in [0.1, 0.15) is 22.8 Å². The molecular formula is C19H18F3N3O3. The van der Waals surface area contributed by atoms with E-state index in [9.17, 15) is 22.8 Å². The number of benzene rings is 2. The third-order valence-corrected chi connectivity index (χ3v) is 3.80. The van der Waals surface area contributed by atoms with Crippen LogP contribution in [0.15, 0.2) is 48.5 Å². The number of Topliss-reactive ketones (excluding diaryl/α,β-unsaturated/α-hetero) is 1. The smallest absolute Gasteiger partial charge is 0.471 e. The van der Waals surface area contributed by atoms with Gasteiger partial charge < -0.3 is 15.4 Å². The normalized spacial score (nSPS) is 11.0. The molecule has 3 N–H and O–H groups in total. The molecule has 0 aliphatic heterocycles. The number of rotatable bonds is 7. The van der Waals surface area contributed by atoms with Crippen LogP contribution in [0.25, 0.3) is 0 Å². The number of carbonyl (C=O) groups is 2. The van der Waals surface area contributed by atoms with Crippen molar-refractivity contribution < 1.29 is 27.5 Å². The van der Waals surface area contributed by atoms with Gasteiger partial charge in [-0.25, -0.2) is 0 Å². The third kappa shape index (κ3) is 5.32. The van der Waals surface area contributed by atoms with Crippen LogP contribution in [0.2, 0.25) is 0 Å².